The van der Waals surface area contributed by atoms with Crippen LogP contribution < -0.4 is 0 Å². The van der Waals surface area contributed by atoms with Crippen LogP contribution >= 0.6 is 23.2 Å². The molecule has 0 heterocycles. The molecule has 1 unspecified atom stereocenters. The molecule has 0 saturated carbocycles. The Kier molecular flexibility index (Phi) is 5.05. The van der Waals surface area contributed by atoms with E-state index in [0.717, 1.165) is 11.1 Å². The van der Waals surface area contributed by atoms with Crippen LogP contribution in [-0.4, -0.2) is 11.1 Å². The number of halogens is 2. The summed E-state index contributed by atoms with van der Waals surface area (Å²) in [6.45, 7) is 0. The lowest BCUT2D eigenvalue weighted by atomic mass is 9.92. The number of hydrogen-bond donors (Lipinski definition) is 1. The molecule has 2 rings (SSSR count). The summed E-state index contributed by atoms with van der Waals surface area (Å²) in [4.78, 5) is 11.4. The molecule has 0 bridgehead atoms. The summed E-state index contributed by atoms with van der Waals surface area (Å²) >= 11 is 12.0. The molecule has 2 aromatic carbocycles. The maximum absolute atomic E-state index is 11.4. The largest absolute Gasteiger partial charge is 0.481 e. The third kappa shape index (κ3) is 3.75. The van der Waals surface area contributed by atoms with Gasteiger partial charge in [0.05, 0.1) is 5.92 Å². The average Bonchev–Trinajstić information content (AvgIpc) is 2.43. The number of carboxylic acid groups (broad SMARTS) is 1. The highest BCUT2D eigenvalue weighted by atomic mass is 35.5. The molecule has 2 aromatic rings. The van der Waals surface area contributed by atoms with Gasteiger partial charge in [-0.05, 0) is 42.2 Å². The van der Waals surface area contributed by atoms with Gasteiger partial charge in [-0.3, -0.25) is 4.79 Å². The van der Waals surface area contributed by atoms with E-state index >= 15 is 0 Å². The van der Waals surface area contributed by atoms with Crippen LogP contribution in [0.5, 0.6) is 0 Å². The minimum Gasteiger partial charge on any atom is -0.481 e. The molecule has 104 valence electrons. The third-order valence-corrected chi connectivity index (χ3v) is 3.81. The zero-order chi connectivity index (χ0) is 14.5. The Bertz CT molecular complexity index is 597. The van der Waals surface area contributed by atoms with E-state index in [9.17, 15) is 9.90 Å². The predicted molar refractivity (Wildman–Crippen MR) is 81.6 cm³/mol. The van der Waals surface area contributed by atoms with Crippen LogP contribution in [0.4, 0.5) is 0 Å². The van der Waals surface area contributed by atoms with Crippen molar-refractivity contribution in [1.29, 1.82) is 0 Å². The number of rotatable bonds is 5. The first kappa shape index (κ1) is 14.9. The molecular formula is C16H14Cl2O2. The second-order valence-corrected chi connectivity index (χ2v) is 5.42. The first-order chi connectivity index (χ1) is 9.58. The van der Waals surface area contributed by atoms with E-state index in [1.54, 1.807) is 18.2 Å². The molecule has 1 atom stereocenters. The molecule has 0 aromatic heterocycles. The lowest BCUT2D eigenvalue weighted by molar-refractivity contribution is -0.138. The molecule has 20 heavy (non-hydrogen) atoms. The molecule has 0 spiro atoms. The number of hydrogen-bond acceptors (Lipinski definition) is 1. The predicted octanol–water partition coefficient (Wildman–Crippen LogP) is 4.79. The van der Waals surface area contributed by atoms with Crippen molar-refractivity contribution in [3.63, 3.8) is 0 Å². The van der Waals surface area contributed by atoms with Gasteiger partial charge in [-0.2, -0.15) is 0 Å². The second-order valence-electron chi connectivity index (χ2n) is 4.58. The molecule has 0 aliphatic heterocycles. The van der Waals surface area contributed by atoms with Crippen molar-refractivity contribution in [3.05, 3.63) is 69.7 Å². The van der Waals surface area contributed by atoms with Gasteiger partial charge in [0.2, 0.25) is 0 Å². The number of benzene rings is 2. The number of carboxylic acids is 1. The minimum absolute atomic E-state index is 0.486. The second kappa shape index (κ2) is 6.78. The number of aliphatic carboxylic acids is 1. The van der Waals surface area contributed by atoms with Crippen LogP contribution in [0.1, 0.15) is 23.5 Å². The molecule has 0 radical (unpaired) electrons. The van der Waals surface area contributed by atoms with E-state index in [4.69, 9.17) is 23.2 Å². The summed E-state index contributed by atoms with van der Waals surface area (Å²) in [7, 11) is 0. The van der Waals surface area contributed by atoms with Gasteiger partial charge < -0.3 is 5.11 Å². The van der Waals surface area contributed by atoms with Crippen LogP contribution in [0.2, 0.25) is 10.0 Å². The van der Waals surface area contributed by atoms with E-state index < -0.39 is 11.9 Å². The zero-order valence-electron chi connectivity index (χ0n) is 10.7. The smallest absolute Gasteiger partial charge is 0.310 e. The van der Waals surface area contributed by atoms with Crippen LogP contribution in [0.25, 0.3) is 0 Å². The highest BCUT2D eigenvalue weighted by Crippen LogP contribution is 2.26. The summed E-state index contributed by atoms with van der Waals surface area (Å²) < 4.78 is 0. The standard InChI is InChI=1S/C16H14Cl2O2/c17-13-7-9-15(18)12(10-13)6-8-14(16(19)20)11-4-2-1-3-5-11/h1-5,7,9-10,14H,6,8H2,(H,19,20). The first-order valence-corrected chi connectivity index (χ1v) is 7.05. The van der Waals surface area contributed by atoms with Crippen LogP contribution in [0.3, 0.4) is 0 Å². The highest BCUT2D eigenvalue weighted by Gasteiger charge is 2.19. The Labute approximate surface area is 128 Å². The Morgan fingerprint density at radius 2 is 1.80 bits per heavy atom. The first-order valence-electron chi connectivity index (χ1n) is 6.29. The third-order valence-electron chi connectivity index (χ3n) is 3.21. The van der Waals surface area contributed by atoms with Gasteiger partial charge in [-0.1, -0.05) is 53.5 Å². The molecule has 0 aliphatic rings. The molecule has 4 heteroatoms. The van der Waals surface area contributed by atoms with Crippen LogP contribution in [0.15, 0.2) is 48.5 Å². The summed E-state index contributed by atoms with van der Waals surface area (Å²) in [5, 5.41) is 10.6. The van der Waals surface area contributed by atoms with Crippen LogP contribution in [-0.2, 0) is 11.2 Å². The topological polar surface area (TPSA) is 37.3 Å². The fourth-order valence-electron chi connectivity index (χ4n) is 2.15. The molecule has 2 nitrogen and oxygen atoms in total. The summed E-state index contributed by atoms with van der Waals surface area (Å²) in [6.07, 6.45) is 1.06. The molecule has 0 amide bonds. The van der Waals surface area contributed by atoms with E-state index in [0.29, 0.717) is 22.9 Å². The van der Waals surface area contributed by atoms with Crippen molar-refractivity contribution in [2.75, 3.05) is 0 Å². The maximum atomic E-state index is 11.4. The molecule has 0 saturated heterocycles. The van der Waals surface area contributed by atoms with E-state index in [1.165, 1.54) is 0 Å². The van der Waals surface area contributed by atoms with Crippen molar-refractivity contribution in [1.82, 2.24) is 0 Å². The monoisotopic (exact) mass is 308 g/mol. The Morgan fingerprint density at radius 3 is 2.45 bits per heavy atom. The Balaban J connectivity index is 2.14. The number of carbonyl (C=O) groups is 1. The van der Waals surface area contributed by atoms with Crippen molar-refractivity contribution >= 4 is 29.2 Å². The van der Waals surface area contributed by atoms with Crippen LogP contribution in [0, 0.1) is 0 Å². The van der Waals surface area contributed by atoms with E-state index in [-0.39, 0.29) is 0 Å². The van der Waals surface area contributed by atoms with Gasteiger partial charge >= 0.3 is 5.97 Å². The quantitative estimate of drug-likeness (QED) is 0.862. The fraction of sp³-hybridized carbons (Fsp3) is 0.188. The SMILES string of the molecule is O=C(O)C(CCc1cc(Cl)ccc1Cl)c1ccccc1. The maximum Gasteiger partial charge on any atom is 0.310 e. The Morgan fingerprint density at radius 1 is 1.10 bits per heavy atom. The van der Waals surface area contributed by atoms with Crippen molar-refractivity contribution < 1.29 is 9.90 Å². The molecule has 1 N–H and O–H groups in total. The Hall–Kier alpha value is -1.51. The van der Waals surface area contributed by atoms with Gasteiger partial charge in [0, 0.05) is 10.0 Å². The normalized spacial score (nSPS) is 12.1. The van der Waals surface area contributed by atoms with Gasteiger partial charge in [-0.25, -0.2) is 0 Å². The molecule has 0 fully saturated rings. The van der Waals surface area contributed by atoms with Gasteiger partial charge in [-0.15, -0.1) is 0 Å². The lowest BCUT2D eigenvalue weighted by Gasteiger charge is -2.13. The average molecular weight is 309 g/mol. The summed E-state index contributed by atoms with van der Waals surface area (Å²) in [5.74, 6) is -1.36. The van der Waals surface area contributed by atoms with Crippen molar-refractivity contribution in [3.8, 4) is 0 Å². The fourth-order valence-corrected chi connectivity index (χ4v) is 2.56. The van der Waals surface area contributed by atoms with Gasteiger partial charge in [0.25, 0.3) is 0 Å². The zero-order valence-corrected chi connectivity index (χ0v) is 12.2. The van der Waals surface area contributed by atoms with Gasteiger partial charge in [0.15, 0.2) is 0 Å². The van der Waals surface area contributed by atoms with Crippen molar-refractivity contribution in [2.45, 2.75) is 18.8 Å². The summed E-state index contributed by atoms with van der Waals surface area (Å²) in [5.41, 5.74) is 1.68. The number of aryl methyl sites for hydroxylation is 1. The molecular weight excluding hydrogens is 295 g/mol. The highest BCUT2D eigenvalue weighted by molar-refractivity contribution is 6.33. The van der Waals surface area contributed by atoms with Gasteiger partial charge in [0.1, 0.15) is 0 Å². The van der Waals surface area contributed by atoms with Crippen molar-refractivity contribution in [2.24, 2.45) is 0 Å². The van der Waals surface area contributed by atoms with E-state index in [1.807, 2.05) is 30.3 Å². The summed E-state index contributed by atoms with van der Waals surface area (Å²) in [6, 6.07) is 14.5. The van der Waals surface area contributed by atoms with E-state index in [2.05, 4.69) is 0 Å². The lowest BCUT2D eigenvalue weighted by Crippen LogP contribution is -2.12. The minimum atomic E-state index is -0.825. The molecule has 0 aliphatic carbocycles.